The number of benzene rings is 2. The van der Waals surface area contributed by atoms with Crippen molar-refractivity contribution >= 4 is 23.3 Å². The molecule has 0 spiro atoms. The summed E-state index contributed by atoms with van der Waals surface area (Å²) < 4.78 is 15.7. The first-order valence-corrected chi connectivity index (χ1v) is 7.43. The molecule has 2 aliphatic rings. The molecule has 1 N–H and O–H groups in total. The van der Waals surface area contributed by atoms with E-state index in [1.807, 2.05) is 12.1 Å². The molecule has 0 saturated carbocycles. The third-order valence-corrected chi connectivity index (χ3v) is 3.74. The fraction of sp³-hybridized carbons (Fsp3) is 0.176. The second-order valence-corrected chi connectivity index (χ2v) is 5.41. The molecule has 0 aromatic heterocycles. The highest BCUT2D eigenvalue weighted by Gasteiger charge is 2.25. The zero-order valence-corrected chi connectivity index (χ0v) is 12.7. The van der Waals surface area contributed by atoms with E-state index < -0.39 is 0 Å². The second kappa shape index (κ2) is 5.77. The van der Waals surface area contributed by atoms with Crippen LogP contribution in [0.25, 0.3) is 0 Å². The van der Waals surface area contributed by atoms with Gasteiger partial charge in [0, 0.05) is 11.8 Å². The van der Waals surface area contributed by atoms with Gasteiger partial charge in [-0.05, 0) is 24.3 Å². The van der Waals surface area contributed by atoms with E-state index in [1.165, 1.54) is 0 Å². The van der Waals surface area contributed by atoms with Crippen molar-refractivity contribution in [1.29, 1.82) is 0 Å². The predicted octanol–water partition coefficient (Wildman–Crippen LogP) is 1.78. The lowest BCUT2D eigenvalue weighted by Gasteiger charge is -2.29. The number of nitrogens with zero attached hydrogens (tertiary/aromatic N) is 1. The van der Waals surface area contributed by atoms with Crippen molar-refractivity contribution < 1.29 is 23.8 Å². The SMILES string of the molecule is O=C(CN1CC(=O)Oc2ccccc21)Nc1ccc2c(c1)OCO2. The molecular formula is C17H14N2O5. The van der Waals surface area contributed by atoms with Crippen LogP contribution in [-0.4, -0.2) is 31.8 Å². The van der Waals surface area contributed by atoms with Gasteiger partial charge < -0.3 is 24.4 Å². The Labute approximate surface area is 137 Å². The van der Waals surface area contributed by atoms with Crippen LogP contribution in [0.15, 0.2) is 42.5 Å². The van der Waals surface area contributed by atoms with Crippen molar-refractivity contribution in [1.82, 2.24) is 0 Å². The number of fused-ring (bicyclic) bond motifs is 2. The maximum atomic E-state index is 12.3. The first-order chi connectivity index (χ1) is 11.7. The summed E-state index contributed by atoms with van der Waals surface area (Å²) in [6.07, 6.45) is 0. The van der Waals surface area contributed by atoms with Gasteiger partial charge >= 0.3 is 5.97 Å². The molecule has 0 fully saturated rings. The van der Waals surface area contributed by atoms with Crippen LogP contribution in [0.3, 0.4) is 0 Å². The molecule has 2 aromatic carbocycles. The summed E-state index contributed by atoms with van der Waals surface area (Å²) in [5, 5.41) is 2.80. The van der Waals surface area contributed by atoms with Crippen molar-refractivity contribution in [2.24, 2.45) is 0 Å². The number of esters is 1. The maximum absolute atomic E-state index is 12.3. The summed E-state index contributed by atoms with van der Waals surface area (Å²) in [7, 11) is 0. The Morgan fingerprint density at radius 3 is 2.83 bits per heavy atom. The Morgan fingerprint density at radius 2 is 1.92 bits per heavy atom. The van der Waals surface area contributed by atoms with Crippen molar-refractivity contribution in [3.05, 3.63) is 42.5 Å². The smallest absolute Gasteiger partial charge is 0.331 e. The van der Waals surface area contributed by atoms with Gasteiger partial charge in [0.1, 0.15) is 6.54 Å². The largest absolute Gasteiger partial charge is 0.454 e. The molecule has 0 atom stereocenters. The molecule has 0 bridgehead atoms. The van der Waals surface area contributed by atoms with Gasteiger partial charge in [0.2, 0.25) is 12.7 Å². The normalized spacial score (nSPS) is 14.8. The van der Waals surface area contributed by atoms with Gasteiger partial charge in [-0.25, -0.2) is 4.79 Å². The Bertz CT molecular complexity index is 820. The average Bonchev–Trinajstić information content (AvgIpc) is 3.02. The van der Waals surface area contributed by atoms with E-state index in [4.69, 9.17) is 14.2 Å². The van der Waals surface area contributed by atoms with Crippen LogP contribution >= 0.6 is 0 Å². The highest BCUT2D eigenvalue weighted by molar-refractivity contribution is 5.96. The summed E-state index contributed by atoms with van der Waals surface area (Å²) in [5.74, 6) is 1.09. The molecule has 122 valence electrons. The fourth-order valence-corrected chi connectivity index (χ4v) is 2.69. The van der Waals surface area contributed by atoms with Crippen LogP contribution < -0.4 is 24.4 Å². The molecule has 4 rings (SSSR count). The number of carbonyl (C=O) groups is 2. The fourth-order valence-electron chi connectivity index (χ4n) is 2.69. The number of nitrogens with one attached hydrogen (secondary N) is 1. The monoisotopic (exact) mass is 326 g/mol. The van der Waals surface area contributed by atoms with Gasteiger partial charge in [0.05, 0.1) is 12.2 Å². The van der Waals surface area contributed by atoms with E-state index in [1.54, 1.807) is 35.2 Å². The molecule has 0 aliphatic carbocycles. The van der Waals surface area contributed by atoms with Gasteiger partial charge in [-0.3, -0.25) is 4.79 Å². The molecule has 24 heavy (non-hydrogen) atoms. The first-order valence-electron chi connectivity index (χ1n) is 7.43. The summed E-state index contributed by atoms with van der Waals surface area (Å²) in [5.41, 5.74) is 1.33. The number of anilines is 2. The van der Waals surface area contributed by atoms with Crippen LogP contribution in [0.5, 0.6) is 17.2 Å². The second-order valence-electron chi connectivity index (χ2n) is 5.41. The Kier molecular flexibility index (Phi) is 3.45. The Hall–Kier alpha value is -3.22. The van der Waals surface area contributed by atoms with Crippen LogP contribution in [-0.2, 0) is 9.59 Å². The van der Waals surface area contributed by atoms with Crippen molar-refractivity contribution in [2.75, 3.05) is 30.1 Å². The van der Waals surface area contributed by atoms with E-state index in [0.717, 1.165) is 5.69 Å². The van der Waals surface area contributed by atoms with Gasteiger partial charge in [-0.15, -0.1) is 0 Å². The lowest BCUT2D eigenvalue weighted by Crippen LogP contribution is -2.41. The maximum Gasteiger partial charge on any atom is 0.331 e. The standard InChI is InChI=1S/C17H14N2O5/c20-16(18-11-5-6-14-15(7-11)23-10-22-14)8-19-9-17(21)24-13-4-2-1-3-12(13)19/h1-7H,8-10H2,(H,18,20). The summed E-state index contributed by atoms with van der Waals surface area (Å²) >= 11 is 0. The highest BCUT2D eigenvalue weighted by Crippen LogP contribution is 2.34. The molecule has 7 heteroatoms. The minimum absolute atomic E-state index is 0.0333. The van der Waals surface area contributed by atoms with Gasteiger partial charge in [0.15, 0.2) is 17.2 Å². The predicted molar refractivity (Wildman–Crippen MR) is 85.5 cm³/mol. The van der Waals surface area contributed by atoms with Gasteiger partial charge in [-0.1, -0.05) is 12.1 Å². The van der Waals surface area contributed by atoms with Crippen LogP contribution in [0.1, 0.15) is 0 Å². The Morgan fingerprint density at radius 1 is 1.08 bits per heavy atom. The number of hydrogen-bond acceptors (Lipinski definition) is 6. The third-order valence-electron chi connectivity index (χ3n) is 3.74. The van der Waals surface area contributed by atoms with Gasteiger partial charge in [0.25, 0.3) is 0 Å². The minimum Gasteiger partial charge on any atom is -0.454 e. The third kappa shape index (κ3) is 2.71. The van der Waals surface area contributed by atoms with Crippen molar-refractivity contribution in [3.8, 4) is 17.2 Å². The van der Waals surface area contributed by atoms with Crippen LogP contribution in [0.2, 0.25) is 0 Å². The quantitative estimate of drug-likeness (QED) is 0.684. The average molecular weight is 326 g/mol. The lowest BCUT2D eigenvalue weighted by atomic mass is 10.2. The minimum atomic E-state index is -0.385. The van der Waals surface area contributed by atoms with Gasteiger partial charge in [-0.2, -0.15) is 0 Å². The molecule has 0 radical (unpaired) electrons. The molecule has 2 heterocycles. The van der Waals surface area contributed by atoms with E-state index in [9.17, 15) is 9.59 Å². The number of para-hydroxylation sites is 2. The van der Waals surface area contributed by atoms with E-state index >= 15 is 0 Å². The van der Waals surface area contributed by atoms with Crippen LogP contribution in [0, 0.1) is 0 Å². The highest BCUT2D eigenvalue weighted by atomic mass is 16.7. The van der Waals surface area contributed by atoms with E-state index in [-0.39, 0.29) is 31.8 Å². The number of carbonyl (C=O) groups excluding carboxylic acids is 2. The zero-order valence-electron chi connectivity index (χ0n) is 12.7. The molecule has 1 amide bonds. The summed E-state index contributed by atoms with van der Waals surface area (Å²) in [4.78, 5) is 25.7. The molecule has 0 saturated heterocycles. The molecule has 2 aromatic rings. The molecule has 2 aliphatic heterocycles. The molecular weight excluding hydrogens is 312 g/mol. The molecule has 7 nitrogen and oxygen atoms in total. The number of ether oxygens (including phenoxy) is 3. The summed E-state index contributed by atoms with van der Waals surface area (Å²) in [6.45, 7) is 0.255. The topological polar surface area (TPSA) is 77.1 Å². The Balaban J connectivity index is 1.47. The van der Waals surface area contributed by atoms with E-state index in [0.29, 0.717) is 22.9 Å². The number of hydrogen-bond donors (Lipinski definition) is 1. The number of amides is 1. The first kappa shape index (κ1) is 14.4. The zero-order chi connectivity index (χ0) is 16.5. The lowest BCUT2D eigenvalue weighted by molar-refractivity contribution is -0.133. The molecule has 0 unspecified atom stereocenters. The summed E-state index contributed by atoms with van der Waals surface area (Å²) in [6, 6.07) is 12.3. The van der Waals surface area contributed by atoms with E-state index in [2.05, 4.69) is 5.32 Å². The number of rotatable bonds is 3. The van der Waals surface area contributed by atoms with Crippen molar-refractivity contribution in [2.45, 2.75) is 0 Å². The van der Waals surface area contributed by atoms with Crippen molar-refractivity contribution in [3.63, 3.8) is 0 Å². The van der Waals surface area contributed by atoms with Crippen LogP contribution in [0.4, 0.5) is 11.4 Å².